The van der Waals surface area contributed by atoms with Crippen molar-refractivity contribution in [3.05, 3.63) is 66.1 Å². The van der Waals surface area contributed by atoms with Gasteiger partial charge in [-0.1, -0.05) is 90.1 Å². The van der Waals surface area contributed by atoms with Gasteiger partial charge in [0.05, 0.1) is 37.4 Å². The SMILES string of the molecule is CCOC(=O)C(C1=NCC(c2ccc(-c3ccc(-c4cnc(C(C(=O)OCC)C(C)(C)C)[nH]4)cc3)cc2)=N1)C(C)(C)C. The molecule has 0 saturated carbocycles. The summed E-state index contributed by atoms with van der Waals surface area (Å²) in [5, 5.41) is 0. The fourth-order valence-corrected chi connectivity index (χ4v) is 5.18. The highest BCUT2D eigenvalue weighted by Gasteiger charge is 2.39. The van der Waals surface area contributed by atoms with Crippen LogP contribution in [0, 0.1) is 16.7 Å². The average Bonchev–Trinajstić information content (AvgIpc) is 3.58. The van der Waals surface area contributed by atoms with Crippen LogP contribution in [0.4, 0.5) is 0 Å². The molecule has 0 amide bonds. The number of amidine groups is 1. The maximum absolute atomic E-state index is 12.7. The first kappa shape index (κ1) is 30.9. The number of rotatable bonds is 9. The van der Waals surface area contributed by atoms with Gasteiger partial charge in [-0.05, 0) is 46.9 Å². The van der Waals surface area contributed by atoms with Crippen LogP contribution in [0.5, 0.6) is 0 Å². The van der Waals surface area contributed by atoms with Gasteiger partial charge in [0, 0.05) is 0 Å². The molecular weight excluding hydrogens is 528 g/mol. The van der Waals surface area contributed by atoms with Crippen molar-refractivity contribution >= 4 is 23.5 Å². The number of aliphatic imine (C=N–C) groups is 2. The molecule has 0 spiro atoms. The van der Waals surface area contributed by atoms with Crippen LogP contribution >= 0.6 is 0 Å². The summed E-state index contributed by atoms with van der Waals surface area (Å²) in [6.07, 6.45) is 1.77. The number of carbonyl (C=O) groups is 2. The minimum absolute atomic E-state index is 0.274. The van der Waals surface area contributed by atoms with Crippen molar-refractivity contribution in [1.82, 2.24) is 9.97 Å². The van der Waals surface area contributed by atoms with E-state index in [9.17, 15) is 9.59 Å². The smallest absolute Gasteiger partial charge is 0.317 e. The van der Waals surface area contributed by atoms with Crippen molar-refractivity contribution in [1.29, 1.82) is 0 Å². The van der Waals surface area contributed by atoms with Crippen LogP contribution in [-0.2, 0) is 19.1 Å². The Hall–Kier alpha value is -4.07. The van der Waals surface area contributed by atoms with Crippen LogP contribution in [0.3, 0.4) is 0 Å². The third-order valence-corrected chi connectivity index (χ3v) is 7.29. The molecule has 2 unspecified atom stereocenters. The molecular formula is C34H42N4O4. The number of nitrogens with one attached hydrogen (secondary N) is 1. The Bertz CT molecular complexity index is 1470. The van der Waals surface area contributed by atoms with Crippen molar-refractivity contribution in [2.75, 3.05) is 19.8 Å². The number of imidazole rings is 1. The second-order valence-electron chi connectivity index (χ2n) is 12.7. The Labute approximate surface area is 248 Å². The van der Waals surface area contributed by atoms with Gasteiger partial charge in [-0.25, -0.2) is 9.98 Å². The van der Waals surface area contributed by atoms with E-state index in [1.54, 1.807) is 6.20 Å². The third-order valence-electron chi connectivity index (χ3n) is 7.29. The lowest BCUT2D eigenvalue weighted by Gasteiger charge is -2.27. The van der Waals surface area contributed by atoms with Gasteiger partial charge in [-0.15, -0.1) is 0 Å². The van der Waals surface area contributed by atoms with Gasteiger partial charge in [0.2, 0.25) is 0 Å². The van der Waals surface area contributed by atoms with Crippen LogP contribution in [0.25, 0.3) is 22.4 Å². The fraction of sp³-hybridized carbons (Fsp3) is 0.441. The number of nitrogens with zero attached hydrogens (tertiary/aromatic N) is 3. The largest absolute Gasteiger partial charge is 0.465 e. The Balaban J connectivity index is 1.49. The standard InChI is InChI=1S/C34H42N4O4/c1-9-41-31(39)27(33(3,4)5)29-35-19-25(37-29)23-15-11-21(12-16-23)22-13-17-24(18-14-22)26-20-36-30(38-26)28(34(6,7)8)32(40)42-10-2/h11-19,27-28H,9-10,20H2,1-8H3,(H,35,37). The molecule has 4 rings (SSSR count). The maximum atomic E-state index is 12.7. The Morgan fingerprint density at radius 1 is 0.762 bits per heavy atom. The maximum Gasteiger partial charge on any atom is 0.317 e. The summed E-state index contributed by atoms with van der Waals surface area (Å²) in [7, 11) is 0. The van der Waals surface area contributed by atoms with Crippen molar-refractivity contribution in [2.24, 2.45) is 26.7 Å². The second kappa shape index (κ2) is 12.4. The summed E-state index contributed by atoms with van der Waals surface area (Å²) >= 11 is 0. The molecule has 8 heteroatoms. The normalized spacial score (nSPS) is 15.0. The van der Waals surface area contributed by atoms with E-state index in [2.05, 4.69) is 39.2 Å². The number of aromatic amines is 1. The molecule has 222 valence electrons. The Kier molecular flexibility index (Phi) is 9.14. The first-order valence-electron chi connectivity index (χ1n) is 14.5. The number of esters is 2. The highest BCUT2D eigenvalue weighted by atomic mass is 16.5. The number of aromatic nitrogens is 2. The highest BCUT2D eigenvalue weighted by molar-refractivity contribution is 6.16. The molecule has 0 radical (unpaired) electrons. The zero-order valence-corrected chi connectivity index (χ0v) is 25.9. The van der Waals surface area contributed by atoms with Gasteiger partial charge in [0.25, 0.3) is 0 Å². The van der Waals surface area contributed by atoms with E-state index in [4.69, 9.17) is 14.5 Å². The zero-order chi connectivity index (χ0) is 30.7. The summed E-state index contributed by atoms with van der Waals surface area (Å²) in [5.41, 5.74) is 5.09. The number of carbonyl (C=O) groups excluding carboxylic acids is 2. The van der Waals surface area contributed by atoms with Crippen molar-refractivity contribution in [3.8, 4) is 22.4 Å². The molecule has 42 heavy (non-hydrogen) atoms. The van der Waals surface area contributed by atoms with Crippen LogP contribution in [-0.4, -0.2) is 53.2 Å². The minimum Gasteiger partial charge on any atom is -0.465 e. The first-order chi connectivity index (χ1) is 19.8. The molecule has 0 fully saturated rings. The van der Waals surface area contributed by atoms with Crippen LogP contribution in [0.15, 0.2) is 64.7 Å². The van der Waals surface area contributed by atoms with Gasteiger partial charge in [0.15, 0.2) is 0 Å². The molecule has 1 aromatic heterocycles. The summed E-state index contributed by atoms with van der Waals surface area (Å²) in [4.78, 5) is 42.6. The molecule has 3 aromatic rings. The topological polar surface area (TPSA) is 106 Å². The van der Waals surface area contributed by atoms with E-state index in [1.165, 1.54) is 0 Å². The van der Waals surface area contributed by atoms with Gasteiger partial charge in [-0.3, -0.25) is 14.6 Å². The highest BCUT2D eigenvalue weighted by Crippen LogP contribution is 2.36. The van der Waals surface area contributed by atoms with E-state index in [0.717, 1.165) is 33.7 Å². The molecule has 0 aliphatic carbocycles. The van der Waals surface area contributed by atoms with E-state index < -0.39 is 11.8 Å². The average molecular weight is 571 g/mol. The lowest BCUT2D eigenvalue weighted by atomic mass is 9.80. The van der Waals surface area contributed by atoms with Crippen molar-refractivity contribution in [3.63, 3.8) is 0 Å². The lowest BCUT2D eigenvalue weighted by molar-refractivity contribution is -0.149. The molecule has 8 nitrogen and oxygen atoms in total. The van der Waals surface area contributed by atoms with E-state index in [-0.39, 0.29) is 22.8 Å². The summed E-state index contributed by atoms with van der Waals surface area (Å²) in [6.45, 7) is 16.7. The first-order valence-corrected chi connectivity index (χ1v) is 14.5. The minimum atomic E-state index is -0.511. The van der Waals surface area contributed by atoms with Crippen LogP contribution in [0.2, 0.25) is 0 Å². The number of hydrogen-bond donors (Lipinski definition) is 1. The van der Waals surface area contributed by atoms with Gasteiger partial charge < -0.3 is 14.5 Å². The molecule has 0 bridgehead atoms. The molecule has 1 N–H and O–H groups in total. The Morgan fingerprint density at radius 3 is 1.74 bits per heavy atom. The van der Waals surface area contributed by atoms with Crippen molar-refractivity contribution < 1.29 is 19.1 Å². The second-order valence-corrected chi connectivity index (χ2v) is 12.7. The predicted molar refractivity (Wildman–Crippen MR) is 167 cm³/mol. The zero-order valence-electron chi connectivity index (χ0n) is 25.9. The monoisotopic (exact) mass is 570 g/mol. The molecule has 0 saturated heterocycles. The predicted octanol–water partition coefficient (Wildman–Crippen LogP) is 6.86. The number of H-pyrrole nitrogens is 1. The Morgan fingerprint density at radius 2 is 1.24 bits per heavy atom. The van der Waals surface area contributed by atoms with Crippen LogP contribution < -0.4 is 0 Å². The third kappa shape index (κ3) is 6.86. The number of benzene rings is 2. The summed E-state index contributed by atoms with van der Waals surface area (Å²) in [6, 6.07) is 16.4. The molecule has 2 heterocycles. The van der Waals surface area contributed by atoms with Gasteiger partial charge in [0.1, 0.15) is 23.5 Å². The fourth-order valence-electron chi connectivity index (χ4n) is 5.18. The summed E-state index contributed by atoms with van der Waals surface area (Å²) < 4.78 is 10.6. The van der Waals surface area contributed by atoms with E-state index in [0.29, 0.717) is 31.4 Å². The quantitative estimate of drug-likeness (QED) is 0.283. The van der Waals surface area contributed by atoms with Crippen LogP contribution in [0.1, 0.15) is 72.7 Å². The van der Waals surface area contributed by atoms with Gasteiger partial charge >= 0.3 is 11.9 Å². The molecule has 1 aliphatic heterocycles. The molecule has 2 atom stereocenters. The molecule has 2 aromatic carbocycles. The van der Waals surface area contributed by atoms with E-state index in [1.807, 2.05) is 79.7 Å². The lowest BCUT2D eigenvalue weighted by Crippen LogP contribution is -2.35. The summed E-state index contributed by atoms with van der Waals surface area (Å²) in [5.74, 6) is -0.416. The van der Waals surface area contributed by atoms with Gasteiger partial charge in [-0.2, -0.15) is 0 Å². The molecule has 1 aliphatic rings. The van der Waals surface area contributed by atoms with Crippen molar-refractivity contribution in [2.45, 2.75) is 61.3 Å². The number of ether oxygens (including phenoxy) is 2. The van der Waals surface area contributed by atoms with E-state index >= 15 is 0 Å². The number of hydrogen-bond acceptors (Lipinski definition) is 7.